The Kier molecular flexibility index (Phi) is 8.77. The molecule has 0 aromatic rings. The van der Waals surface area contributed by atoms with E-state index in [0.717, 1.165) is 26.1 Å². The highest BCUT2D eigenvalue weighted by Crippen LogP contribution is 1.88. The van der Waals surface area contributed by atoms with Crippen molar-refractivity contribution in [1.82, 2.24) is 5.32 Å². The van der Waals surface area contributed by atoms with Crippen molar-refractivity contribution in [3.05, 3.63) is 0 Å². The predicted molar refractivity (Wildman–Crippen MR) is 50.8 cm³/mol. The van der Waals surface area contributed by atoms with Gasteiger partial charge in [-0.15, -0.1) is 0 Å². The molecular formula is C9H19NO3. The molecule has 0 heterocycles. The zero-order chi connectivity index (χ0) is 9.94. The molecule has 0 aliphatic rings. The molecule has 0 aliphatic heterocycles. The number of carbonyl (C=O) groups is 1. The molecule has 1 amide bonds. The lowest BCUT2D eigenvalue weighted by molar-refractivity contribution is 0.140. The number of hydrogen-bond donors (Lipinski definition) is 1. The van der Waals surface area contributed by atoms with Crippen LogP contribution in [-0.2, 0) is 9.47 Å². The van der Waals surface area contributed by atoms with Gasteiger partial charge in [0.05, 0.1) is 6.61 Å². The zero-order valence-corrected chi connectivity index (χ0v) is 8.47. The van der Waals surface area contributed by atoms with Gasteiger partial charge in [0.25, 0.3) is 0 Å². The van der Waals surface area contributed by atoms with Crippen LogP contribution in [0.25, 0.3) is 0 Å². The van der Waals surface area contributed by atoms with Crippen LogP contribution in [0, 0.1) is 0 Å². The van der Waals surface area contributed by atoms with Crippen molar-refractivity contribution in [2.75, 3.05) is 26.4 Å². The average Bonchev–Trinajstić information content (AvgIpc) is 2.11. The maximum Gasteiger partial charge on any atom is 0.407 e. The summed E-state index contributed by atoms with van der Waals surface area (Å²) >= 11 is 0. The summed E-state index contributed by atoms with van der Waals surface area (Å²) in [6.45, 7) is 6.36. The third kappa shape index (κ3) is 9.14. The van der Waals surface area contributed by atoms with Crippen LogP contribution in [0.1, 0.15) is 26.7 Å². The first-order valence-electron chi connectivity index (χ1n) is 4.79. The van der Waals surface area contributed by atoms with Crippen LogP contribution in [0.15, 0.2) is 0 Å². The van der Waals surface area contributed by atoms with Gasteiger partial charge in [0.2, 0.25) is 0 Å². The Morgan fingerprint density at radius 1 is 1.23 bits per heavy atom. The normalized spacial score (nSPS) is 9.69. The van der Waals surface area contributed by atoms with E-state index in [9.17, 15) is 4.79 Å². The first-order valence-corrected chi connectivity index (χ1v) is 4.79. The molecule has 4 heteroatoms. The minimum atomic E-state index is -0.334. The van der Waals surface area contributed by atoms with Crippen molar-refractivity contribution in [1.29, 1.82) is 0 Å². The molecule has 13 heavy (non-hydrogen) atoms. The molecule has 1 N–H and O–H groups in total. The van der Waals surface area contributed by atoms with Gasteiger partial charge in [-0.1, -0.05) is 0 Å². The van der Waals surface area contributed by atoms with Crippen LogP contribution < -0.4 is 5.32 Å². The van der Waals surface area contributed by atoms with Crippen molar-refractivity contribution in [2.45, 2.75) is 26.7 Å². The SMILES string of the molecule is CCOCCCCNC(=O)OCC. The molecule has 0 aromatic carbocycles. The molecule has 0 radical (unpaired) electrons. The summed E-state index contributed by atoms with van der Waals surface area (Å²) in [5.41, 5.74) is 0. The largest absolute Gasteiger partial charge is 0.450 e. The molecule has 78 valence electrons. The Balaban J connectivity index is 3.02. The molecule has 0 unspecified atom stereocenters. The molecule has 0 aliphatic carbocycles. The fraction of sp³-hybridized carbons (Fsp3) is 0.889. The quantitative estimate of drug-likeness (QED) is 0.618. The van der Waals surface area contributed by atoms with E-state index in [1.165, 1.54) is 0 Å². The summed E-state index contributed by atoms with van der Waals surface area (Å²) in [6, 6.07) is 0. The molecule has 0 fully saturated rings. The number of hydrogen-bond acceptors (Lipinski definition) is 3. The van der Waals surface area contributed by atoms with Crippen LogP contribution in [0.3, 0.4) is 0 Å². The van der Waals surface area contributed by atoms with E-state index in [1.54, 1.807) is 6.92 Å². The van der Waals surface area contributed by atoms with Crippen LogP contribution in [0.5, 0.6) is 0 Å². The molecule has 0 atom stereocenters. The first kappa shape index (κ1) is 12.2. The fourth-order valence-electron chi connectivity index (χ4n) is 0.846. The smallest absolute Gasteiger partial charge is 0.407 e. The Hall–Kier alpha value is -0.770. The summed E-state index contributed by atoms with van der Waals surface area (Å²) in [5, 5.41) is 2.64. The number of ether oxygens (including phenoxy) is 2. The Bertz CT molecular complexity index is 128. The van der Waals surface area contributed by atoms with E-state index < -0.39 is 0 Å². The summed E-state index contributed by atoms with van der Waals surface area (Å²) in [7, 11) is 0. The monoisotopic (exact) mass is 189 g/mol. The van der Waals surface area contributed by atoms with Gasteiger partial charge >= 0.3 is 6.09 Å². The van der Waals surface area contributed by atoms with E-state index in [1.807, 2.05) is 6.92 Å². The summed E-state index contributed by atoms with van der Waals surface area (Å²) in [4.78, 5) is 10.8. The number of carbonyl (C=O) groups excluding carboxylic acids is 1. The third-order valence-electron chi connectivity index (χ3n) is 1.46. The number of alkyl carbamates (subject to hydrolysis) is 1. The molecule has 0 rings (SSSR count). The molecule has 0 saturated carbocycles. The highest BCUT2D eigenvalue weighted by Gasteiger charge is 1.97. The van der Waals surface area contributed by atoms with Gasteiger partial charge in [-0.05, 0) is 26.7 Å². The topological polar surface area (TPSA) is 47.6 Å². The van der Waals surface area contributed by atoms with Crippen molar-refractivity contribution in [3.8, 4) is 0 Å². The van der Waals surface area contributed by atoms with Gasteiger partial charge in [0, 0.05) is 19.8 Å². The molecule has 0 saturated heterocycles. The van der Waals surface area contributed by atoms with Gasteiger partial charge in [-0.3, -0.25) is 0 Å². The lowest BCUT2D eigenvalue weighted by atomic mass is 10.3. The van der Waals surface area contributed by atoms with Gasteiger partial charge in [0.1, 0.15) is 0 Å². The van der Waals surface area contributed by atoms with Crippen LogP contribution in [-0.4, -0.2) is 32.5 Å². The summed E-state index contributed by atoms with van der Waals surface area (Å²) < 4.78 is 9.83. The molecule has 0 aromatic heterocycles. The van der Waals surface area contributed by atoms with Gasteiger partial charge < -0.3 is 14.8 Å². The van der Waals surface area contributed by atoms with Crippen molar-refractivity contribution >= 4 is 6.09 Å². The molecule has 0 spiro atoms. The Morgan fingerprint density at radius 3 is 2.62 bits per heavy atom. The van der Waals surface area contributed by atoms with Gasteiger partial charge in [-0.2, -0.15) is 0 Å². The summed E-state index contributed by atoms with van der Waals surface area (Å²) in [5.74, 6) is 0. The standard InChI is InChI=1S/C9H19NO3/c1-3-12-8-6-5-7-10-9(11)13-4-2/h3-8H2,1-2H3,(H,10,11). The second-order valence-corrected chi connectivity index (χ2v) is 2.55. The first-order chi connectivity index (χ1) is 6.31. The second-order valence-electron chi connectivity index (χ2n) is 2.55. The third-order valence-corrected chi connectivity index (χ3v) is 1.46. The zero-order valence-electron chi connectivity index (χ0n) is 8.47. The van der Waals surface area contributed by atoms with E-state index in [4.69, 9.17) is 4.74 Å². The number of rotatable bonds is 7. The number of amides is 1. The van der Waals surface area contributed by atoms with Crippen molar-refractivity contribution < 1.29 is 14.3 Å². The van der Waals surface area contributed by atoms with E-state index in [-0.39, 0.29) is 6.09 Å². The second kappa shape index (κ2) is 9.32. The minimum Gasteiger partial charge on any atom is -0.450 e. The van der Waals surface area contributed by atoms with Crippen LogP contribution >= 0.6 is 0 Å². The van der Waals surface area contributed by atoms with Gasteiger partial charge in [0.15, 0.2) is 0 Å². The fourth-order valence-corrected chi connectivity index (χ4v) is 0.846. The maximum absolute atomic E-state index is 10.8. The van der Waals surface area contributed by atoms with E-state index in [0.29, 0.717) is 13.2 Å². The maximum atomic E-state index is 10.8. The highest BCUT2D eigenvalue weighted by molar-refractivity contribution is 5.66. The van der Waals surface area contributed by atoms with Gasteiger partial charge in [-0.25, -0.2) is 4.79 Å². The molecular weight excluding hydrogens is 170 g/mol. The van der Waals surface area contributed by atoms with E-state index in [2.05, 4.69) is 10.1 Å². The Morgan fingerprint density at radius 2 is 2.00 bits per heavy atom. The lowest BCUT2D eigenvalue weighted by Crippen LogP contribution is -2.25. The molecule has 4 nitrogen and oxygen atoms in total. The van der Waals surface area contributed by atoms with Crippen LogP contribution in [0.4, 0.5) is 4.79 Å². The van der Waals surface area contributed by atoms with E-state index >= 15 is 0 Å². The number of nitrogens with one attached hydrogen (secondary N) is 1. The average molecular weight is 189 g/mol. The highest BCUT2D eigenvalue weighted by atomic mass is 16.5. The lowest BCUT2D eigenvalue weighted by Gasteiger charge is -2.04. The Labute approximate surface area is 79.6 Å². The van der Waals surface area contributed by atoms with Crippen LogP contribution in [0.2, 0.25) is 0 Å². The minimum absolute atomic E-state index is 0.334. The van der Waals surface area contributed by atoms with Crippen molar-refractivity contribution in [2.24, 2.45) is 0 Å². The number of unbranched alkanes of at least 4 members (excludes halogenated alkanes) is 1. The summed E-state index contributed by atoms with van der Waals surface area (Å²) in [6.07, 6.45) is 1.57. The van der Waals surface area contributed by atoms with Crippen molar-refractivity contribution in [3.63, 3.8) is 0 Å². The molecule has 0 bridgehead atoms. The predicted octanol–water partition coefficient (Wildman–Crippen LogP) is 1.55.